The summed E-state index contributed by atoms with van der Waals surface area (Å²) in [6.45, 7) is 6.53. The van der Waals surface area contributed by atoms with E-state index in [4.69, 9.17) is 14.2 Å². The van der Waals surface area contributed by atoms with Crippen molar-refractivity contribution in [1.29, 1.82) is 0 Å². The van der Waals surface area contributed by atoms with Crippen molar-refractivity contribution < 1.29 is 23.4 Å². The Balaban J connectivity index is 1.29. The predicted octanol–water partition coefficient (Wildman–Crippen LogP) is 6.98. The quantitative estimate of drug-likeness (QED) is 0.247. The van der Waals surface area contributed by atoms with Gasteiger partial charge in [0.05, 0.1) is 37.7 Å². The number of esters is 1. The van der Waals surface area contributed by atoms with Crippen LogP contribution in [0.25, 0.3) is 22.4 Å². The van der Waals surface area contributed by atoms with Crippen LogP contribution in [0.3, 0.4) is 0 Å². The van der Waals surface area contributed by atoms with Crippen molar-refractivity contribution in [2.24, 2.45) is 0 Å². The summed E-state index contributed by atoms with van der Waals surface area (Å²) >= 11 is 0. The van der Waals surface area contributed by atoms with Crippen LogP contribution >= 0.6 is 0 Å². The molecule has 1 aliphatic heterocycles. The fraction of sp³-hybridized carbons (Fsp3) is 0.303. The zero-order chi connectivity index (χ0) is 28.0. The number of aryl methyl sites for hydroxylation is 3. The highest BCUT2D eigenvalue weighted by atomic mass is 19.1. The van der Waals surface area contributed by atoms with Gasteiger partial charge < -0.3 is 14.2 Å². The summed E-state index contributed by atoms with van der Waals surface area (Å²) in [5.41, 5.74) is 9.67. The first-order valence-electron chi connectivity index (χ1n) is 13.5. The topological polar surface area (TPSA) is 70.5 Å². The minimum atomic E-state index is -0.400. The van der Waals surface area contributed by atoms with Crippen LogP contribution in [0.1, 0.15) is 58.4 Å². The van der Waals surface area contributed by atoms with Crippen molar-refractivity contribution >= 4 is 5.97 Å². The lowest BCUT2D eigenvalue weighted by Gasteiger charge is -2.19. The van der Waals surface area contributed by atoms with E-state index in [1.54, 1.807) is 18.5 Å². The standard InChI is InChI=1S/C33H31FN2O4/c1-18-11-21(28-16-35-15-20(3)36-28)12-19(2)32(18)25-7-9-27(34)33-26(25)8-10-29(33)40-23-5-6-24-22(13-31(37)38-4)17-39-30(24)14-23/h5-7,9,11-12,14-16,22,29H,8,10,13,17H2,1-4H3. The van der Waals surface area contributed by atoms with Gasteiger partial charge in [-0.3, -0.25) is 9.78 Å². The molecule has 1 aliphatic carbocycles. The number of benzene rings is 3. The van der Waals surface area contributed by atoms with Crippen molar-refractivity contribution in [3.63, 3.8) is 0 Å². The molecule has 2 unspecified atom stereocenters. The lowest BCUT2D eigenvalue weighted by atomic mass is 9.88. The normalized spacial score (nSPS) is 17.2. The summed E-state index contributed by atoms with van der Waals surface area (Å²) < 4.78 is 32.3. The number of hydrogen-bond acceptors (Lipinski definition) is 6. The lowest BCUT2D eigenvalue weighted by Crippen LogP contribution is -2.09. The highest BCUT2D eigenvalue weighted by molar-refractivity contribution is 5.79. The summed E-state index contributed by atoms with van der Waals surface area (Å²) in [7, 11) is 1.39. The van der Waals surface area contributed by atoms with E-state index in [2.05, 4.69) is 35.9 Å². The molecule has 2 aliphatic rings. The molecule has 6 rings (SSSR count). The minimum Gasteiger partial charge on any atom is -0.492 e. The number of carbonyl (C=O) groups excluding carboxylic acids is 1. The van der Waals surface area contributed by atoms with Crippen LogP contribution in [0, 0.1) is 26.6 Å². The Hall–Kier alpha value is -4.26. The summed E-state index contributed by atoms with van der Waals surface area (Å²) in [4.78, 5) is 20.7. The summed E-state index contributed by atoms with van der Waals surface area (Å²) in [5.74, 6) is 0.762. The number of nitrogens with zero attached hydrogens (tertiary/aromatic N) is 2. The second-order valence-electron chi connectivity index (χ2n) is 10.7. The smallest absolute Gasteiger partial charge is 0.306 e. The Morgan fingerprint density at radius 2 is 1.88 bits per heavy atom. The molecule has 7 heteroatoms. The van der Waals surface area contributed by atoms with Crippen LogP contribution < -0.4 is 9.47 Å². The van der Waals surface area contributed by atoms with Crippen LogP contribution in [0.4, 0.5) is 4.39 Å². The van der Waals surface area contributed by atoms with Crippen molar-refractivity contribution in [2.45, 2.75) is 52.1 Å². The molecule has 1 aromatic heterocycles. The van der Waals surface area contributed by atoms with E-state index in [9.17, 15) is 4.79 Å². The van der Waals surface area contributed by atoms with Crippen molar-refractivity contribution in [3.05, 3.63) is 94.2 Å². The number of rotatable bonds is 6. The van der Waals surface area contributed by atoms with Crippen LogP contribution in [-0.2, 0) is 16.0 Å². The molecule has 204 valence electrons. The zero-order valence-electron chi connectivity index (χ0n) is 23.1. The number of carbonyl (C=O) groups is 1. The molecule has 0 spiro atoms. The number of ether oxygens (including phenoxy) is 3. The van der Waals surface area contributed by atoms with E-state index in [1.807, 2.05) is 31.2 Å². The van der Waals surface area contributed by atoms with Crippen LogP contribution in [-0.4, -0.2) is 29.7 Å². The third-order valence-corrected chi connectivity index (χ3v) is 7.92. The molecule has 0 saturated carbocycles. The third-order valence-electron chi connectivity index (χ3n) is 7.92. The maximum Gasteiger partial charge on any atom is 0.306 e. The number of hydrogen-bond donors (Lipinski definition) is 0. The second-order valence-corrected chi connectivity index (χ2v) is 10.7. The van der Waals surface area contributed by atoms with Gasteiger partial charge in [-0.1, -0.05) is 12.1 Å². The van der Waals surface area contributed by atoms with Crippen LogP contribution in [0.5, 0.6) is 11.5 Å². The Labute approximate surface area is 233 Å². The van der Waals surface area contributed by atoms with E-state index < -0.39 is 6.10 Å². The average Bonchev–Trinajstić information content (AvgIpc) is 3.54. The van der Waals surface area contributed by atoms with Crippen molar-refractivity contribution in [3.8, 4) is 33.9 Å². The molecule has 0 amide bonds. The second kappa shape index (κ2) is 10.4. The highest BCUT2D eigenvalue weighted by Crippen LogP contribution is 2.45. The van der Waals surface area contributed by atoms with Gasteiger partial charge in [0.1, 0.15) is 23.4 Å². The van der Waals surface area contributed by atoms with E-state index in [0.29, 0.717) is 30.1 Å². The molecular weight excluding hydrogens is 507 g/mol. The fourth-order valence-corrected chi connectivity index (χ4v) is 6.11. The molecular formula is C33H31FN2O4. The van der Waals surface area contributed by atoms with Gasteiger partial charge in [-0.25, -0.2) is 9.37 Å². The average molecular weight is 539 g/mol. The van der Waals surface area contributed by atoms with Crippen LogP contribution in [0.2, 0.25) is 0 Å². The predicted molar refractivity (Wildman–Crippen MR) is 150 cm³/mol. The maximum absolute atomic E-state index is 15.3. The van der Waals surface area contributed by atoms with E-state index in [0.717, 1.165) is 56.8 Å². The Morgan fingerprint density at radius 3 is 2.62 bits per heavy atom. The van der Waals surface area contributed by atoms with Gasteiger partial charge in [0.15, 0.2) is 0 Å². The van der Waals surface area contributed by atoms with Crippen molar-refractivity contribution in [2.75, 3.05) is 13.7 Å². The Bertz CT molecular complexity index is 1610. The maximum atomic E-state index is 15.3. The van der Waals surface area contributed by atoms with Gasteiger partial charge in [0.2, 0.25) is 0 Å². The lowest BCUT2D eigenvalue weighted by molar-refractivity contribution is -0.141. The summed E-state index contributed by atoms with van der Waals surface area (Å²) in [5, 5.41) is 0. The minimum absolute atomic E-state index is 0.0421. The first kappa shape index (κ1) is 26.0. The van der Waals surface area contributed by atoms with Crippen LogP contribution in [0.15, 0.2) is 54.9 Å². The van der Waals surface area contributed by atoms with E-state index in [-0.39, 0.29) is 24.1 Å². The Kier molecular flexibility index (Phi) is 6.74. The molecule has 6 nitrogen and oxygen atoms in total. The largest absolute Gasteiger partial charge is 0.492 e. The molecule has 40 heavy (non-hydrogen) atoms. The molecule has 0 N–H and O–H groups in total. The molecule has 0 fully saturated rings. The Morgan fingerprint density at radius 1 is 1.07 bits per heavy atom. The zero-order valence-corrected chi connectivity index (χ0v) is 23.1. The molecule has 0 radical (unpaired) electrons. The molecule has 0 saturated heterocycles. The van der Waals surface area contributed by atoms with Gasteiger partial charge in [0, 0.05) is 34.9 Å². The van der Waals surface area contributed by atoms with Gasteiger partial charge >= 0.3 is 5.97 Å². The number of halogens is 1. The molecule has 0 bridgehead atoms. The molecule has 2 atom stereocenters. The first-order chi connectivity index (χ1) is 19.3. The number of fused-ring (bicyclic) bond motifs is 2. The number of methoxy groups -OCH3 is 1. The van der Waals surface area contributed by atoms with Gasteiger partial charge in [-0.2, -0.15) is 0 Å². The SMILES string of the molecule is COC(=O)CC1COc2cc(OC3CCc4c(-c5c(C)cc(-c6cncc(C)n6)cc5C)ccc(F)c43)ccc21. The van der Waals surface area contributed by atoms with E-state index in [1.165, 1.54) is 7.11 Å². The van der Waals surface area contributed by atoms with E-state index >= 15 is 4.39 Å². The number of aromatic nitrogens is 2. The van der Waals surface area contributed by atoms with Gasteiger partial charge in [-0.15, -0.1) is 0 Å². The van der Waals surface area contributed by atoms with Crippen molar-refractivity contribution in [1.82, 2.24) is 9.97 Å². The first-order valence-corrected chi connectivity index (χ1v) is 13.5. The summed E-state index contributed by atoms with van der Waals surface area (Å²) in [6, 6.07) is 13.3. The third kappa shape index (κ3) is 4.70. The highest BCUT2D eigenvalue weighted by Gasteiger charge is 2.32. The monoisotopic (exact) mass is 538 g/mol. The van der Waals surface area contributed by atoms with Gasteiger partial charge in [0.25, 0.3) is 0 Å². The fourth-order valence-electron chi connectivity index (χ4n) is 6.11. The van der Waals surface area contributed by atoms with Gasteiger partial charge in [-0.05, 0) is 85.7 Å². The summed E-state index contributed by atoms with van der Waals surface area (Å²) in [6.07, 6.45) is 4.80. The molecule has 3 aromatic carbocycles. The molecule has 2 heterocycles. The molecule has 4 aromatic rings.